The maximum atomic E-state index is 12.9. The number of hydrogen-bond donors (Lipinski definition) is 6. The number of carbonyl (C=O) groups is 2. The second-order valence-corrected chi connectivity index (χ2v) is 11.0. The first kappa shape index (κ1) is 25.9. The molecule has 2 aromatic carbocycles. The largest absolute Gasteiger partial charge is 0.397 e. The molecule has 0 atom stereocenters. The van der Waals surface area contributed by atoms with Crippen molar-refractivity contribution in [3.8, 4) is 0 Å². The predicted molar refractivity (Wildman–Crippen MR) is 135 cm³/mol. The van der Waals surface area contributed by atoms with Crippen molar-refractivity contribution in [1.29, 1.82) is 0 Å². The van der Waals surface area contributed by atoms with Crippen molar-refractivity contribution >= 4 is 59.9 Å². The lowest BCUT2D eigenvalue weighted by atomic mass is 10.1. The van der Waals surface area contributed by atoms with Crippen LogP contribution in [0.1, 0.15) is 26.5 Å². The van der Waals surface area contributed by atoms with Gasteiger partial charge < -0.3 is 25.9 Å². The first-order chi connectivity index (χ1) is 17.1. The van der Waals surface area contributed by atoms with Crippen molar-refractivity contribution in [2.24, 2.45) is 7.05 Å². The molecule has 0 unspecified atom stereocenters. The number of nitrogens with two attached hydrogens (primary N) is 1. The molecule has 37 heavy (non-hydrogen) atoms. The summed E-state index contributed by atoms with van der Waals surface area (Å²) in [6.07, 6.45) is 3.01. The minimum atomic E-state index is -4.89. The number of aromatic amines is 1. The Morgan fingerprint density at radius 1 is 0.946 bits per heavy atom. The molecule has 0 aliphatic heterocycles. The molecule has 0 saturated heterocycles. The van der Waals surface area contributed by atoms with Gasteiger partial charge in [-0.25, -0.2) is 0 Å². The molecule has 0 fully saturated rings. The molecule has 15 heteroatoms. The Hall–Kier alpha value is -4.18. The highest BCUT2D eigenvalue weighted by molar-refractivity contribution is 7.86. The zero-order valence-electron chi connectivity index (χ0n) is 19.3. The molecular weight excluding hydrogens is 526 g/mol. The van der Waals surface area contributed by atoms with E-state index in [1.807, 2.05) is 0 Å². The van der Waals surface area contributed by atoms with Gasteiger partial charge in [-0.3, -0.25) is 18.7 Å². The van der Waals surface area contributed by atoms with Crippen LogP contribution in [0.3, 0.4) is 0 Å². The minimum Gasteiger partial charge on any atom is -0.397 e. The third kappa shape index (κ3) is 5.19. The number of carbonyl (C=O) groups excluding carboxylic acids is 2. The van der Waals surface area contributed by atoms with Crippen molar-refractivity contribution in [3.63, 3.8) is 0 Å². The Morgan fingerprint density at radius 2 is 1.62 bits per heavy atom. The van der Waals surface area contributed by atoms with Crippen LogP contribution in [0.15, 0.2) is 58.6 Å². The Kier molecular flexibility index (Phi) is 6.33. The standard InChI is InChI=1S/C22H21N5O8S2/c1-11-17(23)9-24-20(11)22(29)26-14-7-18(27(2)10-14)21(28)25-13-4-3-12-5-15(36(30,31)32)8-19(16(12)6-13)37(33,34)35/h3-10,24H,23H2,1-2H3,(H,25,28)(H,26,29)(H,30,31,32)(H,33,34,35). The Morgan fingerprint density at radius 3 is 2.22 bits per heavy atom. The topological polar surface area (TPSA) is 214 Å². The van der Waals surface area contributed by atoms with Gasteiger partial charge in [-0.1, -0.05) is 6.07 Å². The van der Waals surface area contributed by atoms with Crippen LogP contribution in [0.5, 0.6) is 0 Å². The van der Waals surface area contributed by atoms with Gasteiger partial charge in [-0.15, -0.1) is 0 Å². The van der Waals surface area contributed by atoms with Gasteiger partial charge in [0.15, 0.2) is 0 Å². The monoisotopic (exact) mass is 547 g/mol. The van der Waals surface area contributed by atoms with E-state index in [0.29, 0.717) is 23.0 Å². The van der Waals surface area contributed by atoms with Crippen molar-refractivity contribution in [1.82, 2.24) is 9.55 Å². The highest BCUT2D eigenvalue weighted by Gasteiger charge is 2.22. The van der Waals surface area contributed by atoms with Gasteiger partial charge in [0.25, 0.3) is 32.1 Å². The number of nitrogens with zero attached hydrogens (tertiary/aromatic N) is 1. The van der Waals surface area contributed by atoms with Crippen LogP contribution in [-0.2, 0) is 27.3 Å². The number of nitrogen functional groups attached to an aromatic ring is 1. The number of benzene rings is 2. The minimum absolute atomic E-state index is 0.0739. The molecular formula is C22H21N5O8S2. The van der Waals surface area contributed by atoms with Crippen LogP contribution < -0.4 is 16.4 Å². The third-order valence-electron chi connectivity index (χ3n) is 5.63. The van der Waals surface area contributed by atoms with E-state index in [-0.39, 0.29) is 27.8 Å². The number of aryl methyl sites for hydroxylation is 1. The van der Waals surface area contributed by atoms with Crippen LogP contribution in [0, 0.1) is 6.92 Å². The summed E-state index contributed by atoms with van der Waals surface area (Å²) in [5.41, 5.74) is 7.64. The summed E-state index contributed by atoms with van der Waals surface area (Å²) in [4.78, 5) is 26.7. The summed E-state index contributed by atoms with van der Waals surface area (Å²) in [6.45, 7) is 1.69. The maximum absolute atomic E-state index is 12.9. The van der Waals surface area contributed by atoms with Crippen LogP contribution in [-0.4, -0.2) is 47.3 Å². The van der Waals surface area contributed by atoms with Crippen molar-refractivity contribution < 1.29 is 35.5 Å². The quantitative estimate of drug-likeness (QED) is 0.195. The first-order valence-electron chi connectivity index (χ1n) is 10.4. The molecule has 0 aliphatic rings. The van der Waals surface area contributed by atoms with Crippen molar-refractivity contribution in [2.75, 3.05) is 16.4 Å². The fourth-order valence-corrected chi connectivity index (χ4v) is 5.08. The van der Waals surface area contributed by atoms with Crippen LogP contribution in [0.4, 0.5) is 17.1 Å². The van der Waals surface area contributed by atoms with E-state index in [9.17, 15) is 35.5 Å². The molecule has 4 aromatic rings. The molecule has 0 saturated carbocycles. The Labute approximate surface area is 210 Å². The molecule has 2 aromatic heterocycles. The molecule has 2 heterocycles. The summed E-state index contributed by atoms with van der Waals surface area (Å²) < 4.78 is 67.2. The summed E-state index contributed by atoms with van der Waals surface area (Å²) in [5.74, 6) is -1.06. The van der Waals surface area contributed by atoms with Gasteiger partial charge in [0.1, 0.15) is 16.3 Å². The lowest BCUT2D eigenvalue weighted by Crippen LogP contribution is -2.15. The van der Waals surface area contributed by atoms with Gasteiger partial charge in [-0.2, -0.15) is 16.8 Å². The SMILES string of the molecule is Cc1c(N)c[nH]c1C(=O)Nc1cc(C(=O)Nc2ccc3cc(S(=O)(=O)O)cc(S(=O)(=O)O)c3c2)n(C)c1. The van der Waals surface area contributed by atoms with E-state index in [1.54, 1.807) is 14.0 Å². The smallest absolute Gasteiger partial charge is 0.295 e. The van der Waals surface area contributed by atoms with Crippen LogP contribution in [0.2, 0.25) is 0 Å². The number of nitrogens with one attached hydrogen (secondary N) is 3. The summed E-state index contributed by atoms with van der Waals surface area (Å²) >= 11 is 0. The zero-order valence-corrected chi connectivity index (χ0v) is 20.9. The average Bonchev–Trinajstić information content (AvgIpc) is 3.32. The molecule has 2 amide bonds. The molecule has 0 aliphatic carbocycles. The van der Waals surface area contributed by atoms with Crippen LogP contribution in [0.25, 0.3) is 10.8 Å². The number of rotatable bonds is 6. The van der Waals surface area contributed by atoms with E-state index < -0.39 is 41.8 Å². The van der Waals surface area contributed by atoms with E-state index in [1.165, 1.54) is 41.2 Å². The van der Waals surface area contributed by atoms with Gasteiger partial charge in [0.05, 0.1) is 16.3 Å². The molecule has 194 valence electrons. The van der Waals surface area contributed by atoms with Crippen molar-refractivity contribution in [3.05, 3.63) is 65.7 Å². The molecule has 0 radical (unpaired) electrons. The van der Waals surface area contributed by atoms with E-state index in [4.69, 9.17) is 5.73 Å². The molecule has 13 nitrogen and oxygen atoms in total. The van der Waals surface area contributed by atoms with Gasteiger partial charge >= 0.3 is 0 Å². The van der Waals surface area contributed by atoms with Gasteiger partial charge in [0.2, 0.25) is 0 Å². The second kappa shape index (κ2) is 9.04. The van der Waals surface area contributed by atoms with E-state index in [2.05, 4.69) is 15.6 Å². The summed E-state index contributed by atoms with van der Waals surface area (Å²) in [7, 11) is -8.07. The van der Waals surface area contributed by atoms with E-state index >= 15 is 0 Å². The van der Waals surface area contributed by atoms with E-state index in [0.717, 1.165) is 6.07 Å². The zero-order chi connectivity index (χ0) is 27.3. The number of aromatic nitrogens is 2. The second-order valence-electron chi connectivity index (χ2n) is 8.18. The molecule has 4 rings (SSSR count). The highest BCUT2D eigenvalue weighted by atomic mass is 32.2. The highest BCUT2D eigenvalue weighted by Crippen LogP contribution is 2.30. The number of hydrogen-bond acceptors (Lipinski definition) is 7. The Balaban J connectivity index is 1.63. The fraction of sp³-hybridized carbons (Fsp3) is 0.0909. The number of fused-ring (bicyclic) bond motifs is 1. The van der Waals surface area contributed by atoms with Crippen molar-refractivity contribution in [2.45, 2.75) is 16.7 Å². The van der Waals surface area contributed by atoms with Gasteiger partial charge in [-0.05, 0) is 42.6 Å². The van der Waals surface area contributed by atoms with Gasteiger partial charge in [0, 0.05) is 36.1 Å². The molecule has 0 spiro atoms. The fourth-order valence-electron chi connectivity index (χ4n) is 3.73. The average molecular weight is 548 g/mol. The summed E-state index contributed by atoms with van der Waals surface area (Å²) in [6, 6.07) is 6.99. The predicted octanol–water partition coefficient (Wildman–Crippen LogP) is 2.40. The maximum Gasteiger partial charge on any atom is 0.295 e. The number of anilines is 3. The van der Waals surface area contributed by atoms with Crippen LogP contribution >= 0.6 is 0 Å². The Bertz CT molecular complexity index is 1800. The summed E-state index contributed by atoms with van der Waals surface area (Å²) in [5, 5.41) is 5.24. The lowest BCUT2D eigenvalue weighted by molar-refractivity contribution is 0.101. The number of H-pyrrole nitrogens is 1. The number of amides is 2. The lowest BCUT2D eigenvalue weighted by Gasteiger charge is -2.10. The third-order valence-corrected chi connectivity index (χ3v) is 7.35. The molecule has 0 bridgehead atoms. The first-order valence-corrected chi connectivity index (χ1v) is 13.3. The molecule has 7 N–H and O–H groups in total. The normalized spacial score (nSPS) is 12.0.